The third kappa shape index (κ3) is 4.93. The minimum Gasteiger partial charge on any atom is -0.480 e. The summed E-state index contributed by atoms with van der Waals surface area (Å²) in [5.74, 6) is -4.84. The molecular formula is C13H14FNO7. The molecule has 0 aromatic heterocycles. The van der Waals surface area contributed by atoms with Crippen LogP contribution < -0.4 is 9.64 Å². The quantitative estimate of drug-likeness (QED) is 0.636. The minimum atomic E-state index is -1.31. The van der Waals surface area contributed by atoms with Gasteiger partial charge in [-0.15, -0.1) is 0 Å². The van der Waals surface area contributed by atoms with E-state index in [9.17, 15) is 18.8 Å². The number of carboxylic acids is 3. The molecule has 9 heteroatoms. The number of ether oxygens (including phenoxy) is 1. The molecule has 0 aliphatic rings. The van der Waals surface area contributed by atoms with Crippen LogP contribution in [0.3, 0.4) is 0 Å². The first-order chi connectivity index (χ1) is 10.2. The molecule has 22 heavy (non-hydrogen) atoms. The number of carboxylic acid groups (broad SMARTS) is 3. The number of aliphatic carboxylic acids is 3. The van der Waals surface area contributed by atoms with Gasteiger partial charge in [-0.2, -0.15) is 0 Å². The number of hydrogen-bond donors (Lipinski definition) is 3. The fourth-order valence-corrected chi connectivity index (χ4v) is 1.70. The summed E-state index contributed by atoms with van der Waals surface area (Å²) < 4.78 is 18.5. The van der Waals surface area contributed by atoms with E-state index in [-0.39, 0.29) is 17.0 Å². The molecule has 0 saturated heterocycles. The molecular weight excluding hydrogens is 301 g/mol. The maximum atomic E-state index is 13.6. The molecule has 0 radical (unpaired) electrons. The van der Waals surface area contributed by atoms with Crippen LogP contribution in [0.4, 0.5) is 10.1 Å². The highest BCUT2D eigenvalue weighted by atomic mass is 19.1. The van der Waals surface area contributed by atoms with Gasteiger partial charge >= 0.3 is 17.9 Å². The lowest BCUT2D eigenvalue weighted by atomic mass is 10.1. The normalized spacial score (nSPS) is 10.1. The molecule has 0 unspecified atom stereocenters. The van der Waals surface area contributed by atoms with Crippen LogP contribution in [-0.4, -0.2) is 52.9 Å². The Hall–Kier alpha value is -2.84. The van der Waals surface area contributed by atoms with Crippen molar-refractivity contribution in [2.24, 2.45) is 0 Å². The standard InChI is InChI=1S/C13H14FNO7/c1-7-2-9(15(4-11(16)17)5-12(18)19)10(3-8(7)14)22-6-13(20)21/h2-3H,4-6H2,1H3,(H,16,17)(H,18,19)(H,20,21). The molecule has 0 spiro atoms. The van der Waals surface area contributed by atoms with E-state index in [1.807, 2.05) is 0 Å². The van der Waals surface area contributed by atoms with Gasteiger partial charge in [0.15, 0.2) is 6.61 Å². The van der Waals surface area contributed by atoms with Crippen LogP contribution >= 0.6 is 0 Å². The van der Waals surface area contributed by atoms with Crippen molar-refractivity contribution in [3.63, 3.8) is 0 Å². The lowest BCUT2D eigenvalue weighted by molar-refractivity contribution is -0.140. The van der Waals surface area contributed by atoms with E-state index in [0.29, 0.717) is 0 Å². The first kappa shape index (κ1) is 17.2. The van der Waals surface area contributed by atoms with Gasteiger partial charge in [0.25, 0.3) is 0 Å². The average molecular weight is 315 g/mol. The van der Waals surface area contributed by atoms with Crippen LogP contribution in [0.15, 0.2) is 12.1 Å². The van der Waals surface area contributed by atoms with Gasteiger partial charge in [0.05, 0.1) is 5.69 Å². The van der Waals surface area contributed by atoms with Crippen molar-refractivity contribution in [3.05, 3.63) is 23.5 Å². The van der Waals surface area contributed by atoms with E-state index in [1.165, 1.54) is 13.0 Å². The molecule has 0 saturated carbocycles. The Kier molecular flexibility index (Phi) is 5.67. The van der Waals surface area contributed by atoms with Crippen LogP contribution in [0, 0.1) is 12.7 Å². The zero-order valence-corrected chi connectivity index (χ0v) is 11.6. The van der Waals surface area contributed by atoms with E-state index in [0.717, 1.165) is 11.0 Å². The molecule has 1 aromatic carbocycles. The van der Waals surface area contributed by atoms with Crippen molar-refractivity contribution in [1.29, 1.82) is 0 Å². The number of hydrogen-bond acceptors (Lipinski definition) is 5. The van der Waals surface area contributed by atoms with Crippen molar-refractivity contribution in [2.75, 3.05) is 24.6 Å². The van der Waals surface area contributed by atoms with Gasteiger partial charge in [-0.05, 0) is 18.6 Å². The second kappa shape index (κ2) is 7.25. The van der Waals surface area contributed by atoms with E-state index in [2.05, 4.69) is 0 Å². The molecule has 0 atom stereocenters. The maximum absolute atomic E-state index is 13.6. The van der Waals surface area contributed by atoms with Crippen molar-refractivity contribution >= 4 is 23.6 Å². The molecule has 0 heterocycles. The monoisotopic (exact) mass is 315 g/mol. The average Bonchev–Trinajstić information content (AvgIpc) is 2.37. The molecule has 0 aliphatic heterocycles. The van der Waals surface area contributed by atoms with Crippen molar-refractivity contribution in [2.45, 2.75) is 6.92 Å². The Morgan fingerprint density at radius 3 is 2.09 bits per heavy atom. The Morgan fingerprint density at radius 1 is 1.09 bits per heavy atom. The summed E-state index contributed by atoms with van der Waals surface area (Å²) >= 11 is 0. The van der Waals surface area contributed by atoms with Crippen LogP contribution in [-0.2, 0) is 14.4 Å². The van der Waals surface area contributed by atoms with Crippen LogP contribution in [0.1, 0.15) is 5.56 Å². The number of nitrogens with zero attached hydrogens (tertiary/aromatic N) is 1. The summed E-state index contributed by atoms with van der Waals surface area (Å²) in [5.41, 5.74) is 0.128. The predicted molar refractivity (Wildman–Crippen MR) is 71.8 cm³/mol. The minimum absolute atomic E-state index is 0.00931. The Morgan fingerprint density at radius 2 is 1.64 bits per heavy atom. The van der Waals surface area contributed by atoms with Gasteiger partial charge in [0.2, 0.25) is 0 Å². The Labute approximate surface area is 124 Å². The van der Waals surface area contributed by atoms with Crippen molar-refractivity contribution in [3.8, 4) is 5.75 Å². The van der Waals surface area contributed by atoms with Crippen LogP contribution in [0.25, 0.3) is 0 Å². The van der Waals surface area contributed by atoms with Crippen LogP contribution in [0.5, 0.6) is 5.75 Å². The molecule has 0 fully saturated rings. The largest absolute Gasteiger partial charge is 0.480 e. The zero-order valence-electron chi connectivity index (χ0n) is 11.6. The smallest absolute Gasteiger partial charge is 0.341 e. The number of anilines is 1. The molecule has 0 aliphatic carbocycles. The van der Waals surface area contributed by atoms with E-state index in [1.54, 1.807) is 0 Å². The molecule has 1 rings (SSSR count). The highest BCUT2D eigenvalue weighted by Crippen LogP contribution is 2.31. The Bertz CT molecular complexity index is 586. The first-order valence-electron chi connectivity index (χ1n) is 6.04. The fraction of sp³-hybridized carbons (Fsp3) is 0.308. The molecule has 1 aromatic rings. The van der Waals surface area contributed by atoms with Crippen molar-refractivity contribution in [1.82, 2.24) is 0 Å². The summed E-state index contributed by atoms with van der Waals surface area (Å²) in [6.45, 7) is -0.704. The van der Waals surface area contributed by atoms with Crippen molar-refractivity contribution < 1.29 is 38.8 Å². The third-order valence-electron chi connectivity index (χ3n) is 2.58. The summed E-state index contributed by atoms with van der Waals surface area (Å²) in [6, 6.07) is 2.10. The van der Waals surface area contributed by atoms with Gasteiger partial charge in [-0.1, -0.05) is 0 Å². The summed E-state index contributed by atoms with van der Waals surface area (Å²) in [6.07, 6.45) is 0. The first-order valence-corrected chi connectivity index (χ1v) is 6.04. The Balaban J connectivity index is 3.25. The summed E-state index contributed by atoms with van der Waals surface area (Å²) in [4.78, 5) is 33.2. The number of benzene rings is 1. The zero-order chi connectivity index (χ0) is 16.9. The number of aryl methyl sites for hydroxylation is 1. The number of carbonyl (C=O) groups is 3. The molecule has 120 valence electrons. The molecule has 0 bridgehead atoms. The third-order valence-corrected chi connectivity index (χ3v) is 2.58. The SMILES string of the molecule is Cc1cc(N(CC(=O)O)CC(=O)O)c(OCC(=O)O)cc1F. The van der Waals surface area contributed by atoms with Crippen LogP contribution in [0.2, 0.25) is 0 Å². The number of halogens is 1. The number of rotatable bonds is 8. The second-order valence-corrected chi connectivity index (χ2v) is 4.40. The summed E-state index contributed by atoms with van der Waals surface area (Å²) in [5, 5.41) is 26.3. The highest BCUT2D eigenvalue weighted by molar-refractivity contribution is 5.81. The fourth-order valence-electron chi connectivity index (χ4n) is 1.70. The van der Waals surface area contributed by atoms with Gasteiger partial charge < -0.3 is 25.0 Å². The van der Waals surface area contributed by atoms with E-state index < -0.39 is 43.4 Å². The molecule has 0 amide bonds. The predicted octanol–water partition coefficient (Wildman–Crippen LogP) is 0.573. The second-order valence-electron chi connectivity index (χ2n) is 4.40. The highest BCUT2D eigenvalue weighted by Gasteiger charge is 2.20. The van der Waals surface area contributed by atoms with E-state index in [4.69, 9.17) is 20.1 Å². The van der Waals surface area contributed by atoms with E-state index >= 15 is 0 Å². The molecule has 8 nitrogen and oxygen atoms in total. The van der Waals surface area contributed by atoms with Gasteiger partial charge in [-0.25, -0.2) is 9.18 Å². The lowest BCUT2D eigenvalue weighted by Crippen LogP contribution is -2.35. The summed E-state index contributed by atoms with van der Waals surface area (Å²) in [7, 11) is 0. The topological polar surface area (TPSA) is 124 Å². The maximum Gasteiger partial charge on any atom is 0.341 e. The van der Waals surface area contributed by atoms with Gasteiger partial charge in [0, 0.05) is 6.07 Å². The lowest BCUT2D eigenvalue weighted by Gasteiger charge is -2.24. The van der Waals surface area contributed by atoms with Gasteiger partial charge in [-0.3, -0.25) is 9.59 Å². The molecule has 3 N–H and O–H groups in total. The van der Waals surface area contributed by atoms with Gasteiger partial charge in [0.1, 0.15) is 24.7 Å².